The van der Waals surface area contributed by atoms with Crippen molar-refractivity contribution in [2.45, 2.75) is 26.3 Å². The molecule has 1 N–H and O–H groups in total. The third kappa shape index (κ3) is 4.23. The Labute approximate surface area is 113 Å². The van der Waals surface area contributed by atoms with Crippen molar-refractivity contribution in [3.8, 4) is 0 Å². The molecule has 0 aliphatic carbocycles. The van der Waals surface area contributed by atoms with Crippen molar-refractivity contribution in [1.82, 2.24) is 5.32 Å². The molecule has 0 fully saturated rings. The maximum Gasteiger partial charge on any atom is 0.142 e. The van der Waals surface area contributed by atoms with Crippen molar-refractivity contribution >= 4 is 11.6 Å². The van der Waals surface area contributed by atoms with E-state index in [0.29, 0.717) is 12.5 Å². The standard InChI is InChI=1S/C14H21ClFNO/c1-4-17-14(10(2)7-8-18-3)11-5-6-12(15)13(16)9-11/h5-6,9-10,14,17H,4,7-8H2,1-3H3. The predicted octanol–water partition coefficient (Wildman–Crippen LogP) is 3.80. The zero-order valence-electron chi connectivity index (χ0n) is 11.2. The molecule has 0 amide bonds. The van der Waals surface area contributed by atoms with Crippen LogP contribution in [0.25, 0.3) is 0 Å². The number of methoxy groups -OCH3 is 1. The van der Waals surface area contributed by atoms with E-state index in [9.17, 15) is 4.39 Å². The third-order valence-electron chi connectivity index (χ3n) is 3.07. The second-order valence-electron chi connectivity index (χ2n) is 4.47. The van der Waals surface area contributed by atoms with Gasteiger partial charge >= 0.3 is 0 Å². The second-order valence-corrected chi connectivity index (χ2v) is 4.87. The van der Waals surface area contributed by atoms with Crippen LogP contribution in [0, 0.1) is 11.7 Å². The number of rotatable bonds is 7. The Morgan fingerprint density at radius 1 is 1.44 bits per heavy atom. The molecule has 4 heteroatoms. The number of benzene rings is 1. The summed E-state index contributed by atoms with van der Waals surface area (Å²) in [4.78, 5) is 0. The van der Waals surface area contributed by atoms with Gasteiger partial charge in [-0.2, -0.15) is 0 Å². The van der Waals surface area contributed by atoms with Gasteiger partial charge in [0.2, 0.25) is 0 Å². The van der Waals surface area contributed by atoms with Crippen LogP contribution in [-0.2, 0) is 4.74 Å². The van der Waals surface area contributed by atoms with Crippen LogP contribution in [0.1, 0.15) is 31.9 Å². The van der Waals surface area contributed by atoms with Gasteiger partial charge < -0.3 is 10.1 Å². The van der Waals surface area contributed by atoms with Crippen molar-refractivity contribution in [2.75, 3.05) is 20.3 Å². The van der Waals surface area contributed by atoms with Gasteiger partial charge in [0.1, 0.15) is 5.82 Å². The average molecular weight is 274 g/mol. The first-order valence-corrected chi connectivity index (χ1v) is 6.65. The molecule has 102 valence electrons. The molecule has 0 aromatic heterocycles. The van der Waals surface area contributed by atoms with Crippen LogP contribution in [0.2, 0.25) is 5.02 Å². The summed E-state index contributed by atoms with van der Waals surface area (Å²) in [5, 5.41) is 3.55. The highest BCUT2D eigenvalue weighted by Crippen LogP contribution is 2.27. The molecular formula is C14H21ClFNO. The molecule has 1 rings (SSSR count). The fourth-order valence-electron chi connectivity index (χ4n) is 2.04. The van der Waals surface area contributed by atoms with E-state index in [4.69, 9.17) is 16.3 Å². The number of hydrogen-bond acceptors (Lipinski definition) is 2. The summed E-state index contributed by atoms with van der Waals surface area (Å²) in [7, 11) is 1.69. The number of halogens is 2. The van der Waals surface area contributed by atoms with Gasteiger partial charge in [0.25, 0.3) is 0 Å². The predicted molar refractivity (Wildman–Crippen MR) is 73.5 cm³/mol. The highest BCUT2D eigenvalue weighted by Gasteiger charge is 2.19. The molecule has 0 radical (unpaired) electrons. The van der Waals surface area contributed by atoms with Crippen LogP contribution in [0.5, 0.6) is 0 Å². The van der Waals surface area contributed by atoms with Crippen LogP contribution in [-0.4, -0.2) is 20.3 Å². The van der Waals surface area contributed by atoms with Gasteiger partial charge in [-0.25, -0.2) is 4.39 Å². The SMILES string of the molecule is CCNC(c1ccc(Cl)c(F)c1)C(C)CCOC. The molecule has 0 saturated heterocycles. The van der Waals surface area contributed by atoms with Gasteiger partial charge in [-0.1, -0.05) is 31.5 Å². The molecule has 0 aliphatic rings. The maximum atomic E-state index is 13.5. The topological polar surface area (TPSA) is 21.3 Å². The Morgan fingerprint density at radius 2 is 2.17 bits per heavy atom. The quantitative estimate of drug-likeness (QED) is 0.816. The average Bonchev–Trinajstić information content (AvgIpc) is 2.36. The summed E-state index contributed by atoms with van der Waals surface area (Å²) in [6.07, 6.45) is 0.929. The lowest BCUT2D eigenvalue weighted by Crippen LogP contribution is -2.27. The van der Waals surface area contributed by atoms with E-state index in [1.165, 1.54) is 6.07 Å². The lowest BCUT2D eigenvalue weighted by molar-refractivity contribution is 0.170. The first-order chi connectivity index (χ1) is 8.60. The molecule has 0 saturated carbocycles. The van der Waals surface area contributed by atoms with E-state index >= 15 is 0 Å². The van der Waals surface area contributed by atoms with Crippen LogP contribution >= 0.6 is 11.6 Å². The fourth-order valence-corrected chi connectivity index (χ4v) is 2.16. The molecule has 18 heavy (non-hydrogen) atoms. The first-order valence-electron chi connectivity index (χ1n) is 6.27. The van der Waals surface area contributed by atoms with Gasteiger partial charge in [0.05, 0.1) is 5.02 Å². The van der Waals surface area contributed by atoms with E-state index < -0.39 is 0 Å². The summed E-state index contributed by atoms with van der Waals surface area (Å²) in [5.41, 5.74) is 0.933. The van der Waals surface area contributed by atoms with E-state index in [0.717, 1.165) is 18.5 Å². The van der Waals surface area contributed by atoms with Gasteiger partial charge in [-0.15, -0.1) is 0 Å². The molecule has 1 aromatic carbocycles. The minimum absolute atomic E-state index is 0.122. The Balaban J connectivity index is 2.85. The van der Waals surface area contributed by atoms with E-state index in [-0.39, 0.29) is 16.9 Å². The van der Waals surface area contributed by atoms with E-state index in [1.807, 2.05) is 13.0 Å². The minimum Gasteiger partial charge on any atom is -0.385 e. The zero-order chi connectivity index (χ0) is 13.5. The van der Waals surface area contributed by atoms with Crippen molar-refractivity contribution in [3.63, 3.8) is 0 Å². The lowest BCUT2D eigenvalue weighted by Gasteiger charge is -2.25. The molecule has 0 heterocycles. The smallest absolute Gasteiger partial charge is 0.142 e. The second kappa shape index (κ2) is 7.72. The summed E-state index contributed by atoms with van der Waals surface area (Å²) in [5.74, 6) is 0.00138. The number of nitrogens with one attached hydrogen (secondary N) is 1. The first kappa shape index (κ1) is 15.4. The maximum absolute atomic E-state index is 13.5. The molecule has 1 aromatic rings. The number of hydrogen-bond donors (Lipinski definition) is 1. The fraction of sp³-hybridized carbons (Fsp3) is 0.571. The molecule has 2 atom stereocenters. The van der Waals surface area contributed by atoms with Crippen molar-refractivity contribution < 1.29 is 9.13 Å². The van der Waals surface area contributed by atoms with Crippen LogP contribution in [0.4, 0.5) is 4.39 Å². The van der Waals surface area contributed by atoms with E-state index in [2.05, 4.69) is 12.2 Å². The highest BCUT2D eigenvalue weighted by atomic mass is 35.5. The molecule has 0 spiro atoms. The van der Waals surface area contributed by atoms with Crippen LogP contribution < -0.4 is 5.32 Å². The molecule has 2 unspecified atom stereocenters. The lowest BCUT2D eigenvalue weighted by atomic mass is 9.92. The Bertz CT molecular complexity index is 373. The van der Waals surface area contributed by atoms with Gasteiger partial charge in [0.15, 0.2) is 0 Å². The Hall–Kier alpha value is -0.640. The van der Waals surface area contributed by atoms with Crippen molar-refractivity contribution in [2.24, 2.45) is 5.92 Å². The largest absolute Gasteiger partial charge is 0.385 e. The monoisotopic (exact) mass is 273 g/mol. The minimum atomic E-state index is -0.365. The van der Waals surface area contributed by atoms with Crippen molar-refractivity contribution in [1.29, 1.82) is 0 Å². The molecule has 0 bridgehead atoms. The summed E-state index contributed by atoms with van der Waals surface area (Å²) in [6, 6.07) is 5.12. The van der Waals surface area contributed by atoms with Gasteiger partial charge in [-0.05, 0) is 36.6 Å². The number of ether oxygens (including phenoxy) is 1. The molecule has 0 aliphatic heterocycles. The normalized spacial score (nSPS) is 14.5. The van der Waals surface area contributed by atoms with E-state index in [1.54, 1.807) is 13.2 Å². The summed E-state index contributed by atoms with van der Waals surface area (Å²) >= 11 is 5.71. The van der Waals surface area contributed by atoms with Gasteiger partial charge in [-0.3, -0.25) is 0 Å². The third-order valence-corrected chi connectivity index (χ3v) is 3.38. The Morgan fingerprint density at radius 3 is 2.72 bits per heavy atom. The van der Waals surface area contributed by atoms with Crippen LogP contribution in [0.15, 0.2) is 18.2 Å². The summed E-state index contributed by atoms with van der Waals surface area (Å²) in [6.45, 7) is 5.73. The van der Waals surface area contributed by atoms with Gasteiger partial charge in [0, 0.05) is 19.8 Å². The molecular weight excluding hydrogens is 253 g/mol. The highest BCUT2D eigenvalue weighted by molar-refractivity contribution is 6.30. The zero-order valence-corrected chi connectivity index (χ0v) is 11.9. The van der Waals surface area contributed by atoms with Crippen molar-refractivity contribution in [3.05, 3.63) is 34.6 Å². The van der Waals surface area contributed by atoms with Crippen LogP contribution in [0.3, 0.4) is 0 Å². The Kier molecular flexibility index (Phi) is 6.61. The summed E-state index contributed by atoms with van der Waals surface area (Å²) < 4.78 is 18.6. The molecule has 2 nitrogen and oxygen atoms in total.